The Morgan fingerprint density at radius 3 is 2.44 bits per heavy atom. The third kappa shape index (κ3) is 1.84. The molecule has 18 heavy (non-hydrogen) atoms. The Bertz CT molecular complexity index is 458. The summed E-state index contributed by atoms with van der Waals surface area (Å²) in [5.41, 5.74) is 0.932. The van der Waals surface area contributed by atoms with E-state index in [-0.39, 0.29) is 24.5 Å². The van der Waals surface area contributed by atoms with E-state index >= 15 is 0 Å². The normalized spacial score (nSPS) is 31.7. The number of fused-ring (bicyclic) bond motifs is 2. The van der Waals surface area contributed by atoms with E-state index in [1.54, 1.807) is 0 Å². The summed E-state index contributed by atoms with van der Waals surface area (Å²) >= 11 is 0. The van der Waals surface area contributed by atoms with Crippen molar-refractivity contribution in [2.75, 3.05) is 20.3 Å². The summed E-state index contributed by atoms with van der Waals surface area (Å²) < 4.78 is 14.9. The Morgan fingerprint density at radius 2 is 1.89 bits per heavy atom. The monoisotopic (exact) mass is 250 g/mol. The van der Waals surface area contributed by atoms with Gasteiger partial charge in [-0.05, 0) is 6.42 Å². The molecule has 0 amide bonds. The molecule has 2 bridgehead atoms. The number of ether oxygens (including phenoxy) is 3. The van der Waals surface area contributed by atoms with Crippen molar-refractivity contribution in [2.45, 2.75) is 12.5 Å². The first-order chi connectivity index (χ1) is 8.70. The van der Waals surface area contributed by atoms with Gasteiger partial charge in [0.2, 0.25) is 0 Å². The maximum atomic E-state index is 12.0. The maximum Gasteiger partial charge on any atom is 0.335 e. The van der Waals surface area contributed by atoms with Crippen LogP contribution in [0.4, 0.5) is 0 Å². The van der Waals surface area contributed by atoms with Crippen LogP contribution in [0.5, 0.6) is 0 Å². The number of hydrogen-bond donors (Lipinski definition) is 0. The molecule has 1 heterocycles. The molecule has 1 saturated heterocycles. The minimum atomic E-state index is -0.429. The fourth-order valence-corrected chi connectivity index (χ4v) is 2.57. The molecular formula is C13H14O5. The fraction of sp³-hybridized carbons (Fsp3) is 0.538. The van der Waals surface area contributed by atoms with Crippen molar-refractivity contribution in [1.29, 1.82) is 0 Å². The predicted molar refractivity (Wildman–Crippen MR) is 60.5 cm³/mol. The molecule has 0 aromatic rings. The van der Waals surface area contributed by atoms with Gasteiger partial charge in [0.1, 0.15) is 12.7 Å². The van der Waals surface area contributed by atoms with Gasteiger partial charge >= 0.3 is 11.9 Å². The summed E-state index contributed by atoms with van der Waals surface area (Å²) in [5.74, 6) is -0.844. The molecule has 2 aliphatic carbocycles. The van der Waals surface area contributed by atoms with Crippen LogP contribution in [0.15, 0.2) is 23.3 Å². The van der Waals surface area contributed by atoms with Crippen molar-refractivity contribution in [3.05, 3.63) is 23.3 Å². The van der Waals surface area contributed by atoms with Crippen LogP contribution < -0.4 is 0 Å². The van der Waals surface area contributed by atoms with E-state index in [4.69, 9.17) is 14.2 Å². The largest absolute Gasteiger partial charge is 0.466 e. The van der Waals surface area contributed by atoms with Crippen molar-refractivity contribution in [1.82, 2.24) is 0 Å². The average molecular weight is 250 g/mol. The molecule has 5 heteroatoms. The Labute approximate surface area is 104 Å². The van der Waals surface area contributed by atoms with Crippen molar-refractivity contribution >= 4 is 11.9 Å². The number of hydrogen-bond acceptors (Lipinski definition) is 5. The number of esters is 2. The smallest absolute Gasteiger partial charge is 0.335 e. The van der Waals surface area contributed by atoms with Crippen molar-refractivity contribution in [3.63, 3.8) is 0 Å². The lowest BCUT2D eigenvalue weighted by Crippen LogP contribution is -2.20. The molecule has 1 aliphatic heterocycles. The Hall–Kier alpha value is -1.62. The molecule has 5 nitrogen and oxygen atoms in total. The number of carbonyl (C=O) groups is 2. The molecule has 3 atom stereocenters. The molecule has 0 radical (unpaired) electrons. The Kier molecular flexibility index (Phi) is 2.70. The summed E-state index contributed by atoms with van der Waals surface area (Å²) in [4.78, 5) is 23.7. The molecule has 1 fully saturated rings. The highest BCUT2D eigenvalue weighted by atomic mass is 16.6. The van der Waals surface area contributed by atoms with E-state index in [0.717, 1.165) is 6.42 Å². The van der Waals surface area contributed by atoms with Gasteiger partial charge in [-0.2, -0.15) is 0 Å². The van der Waals surface area contributed by atoms with E-state index in [1.165, 1.54) is 7.11 Å². The molecule has 0 aromatic carbocycles. The molecule has 0 saturated carbocycles. The van der Waals surface area contributed by atoms with Crippen LogP contribution in [0.25, 0.3) is 0 Å². The van der Waals surface area contributed by atoms with E-state index < -0.39 is 11.9 Å². The molecule has 0 spiro atoms. The van der Waals surface area contributed by atoms with Gasteiger partial charge in [-0.1, -0.05) is 12.2 Å². The fourth-order valence-electron chi connectivity index (χ4n) is 2.57. The Morgan fingerprint density at radius 1 is 1.28 bits per heavy atom. The lowest BCUT2D eigenvalue weighted by Gasteiger charge is -2.13. The van der Waals surface area contributed by atoms with Crippen LogP contribution >= 0.6 is 0 Å². The summed E-state index contributed by atoms with van der Waals surface area (Å²) in [6, 6.07) is 0. The molecule has 3 rings (SSSR count). The highest BCUT2D eigenvalue weighted by Crippen LogP contribution is 2.44. The molecule has 96 valence electrons. The number of methoxy groups -OCH3 is 1. The van der Waals surface area contributed by atoms with Crippen molar-refractivity contribution in [2.24, 2.45) is 11.8 Å². The lowest BCUT2D eigenvalue weighted by molar-refractivity contribution is -0.141. The summed E-state index contributed by atoms with van der Waals surface area (Å²) in [6.07, 6.45) is 4.72. The molecule has 0 N–H and O–H groups in total. The standard InChI is InChI=1S/C13H14O5/c1-16-12(14)10-7-2-3-8(4-7)11(10)13(15)18-6-9-5-17-9/h2-3,7-9H,4-6H2,1H3. The highest BCUT2D eigenvalue weighted by molar-refractivity contribution is 6.03. The third-order valence-corrected chi connectivity index (χ3v) is 3.54. The lowest BCUT2D eigenvalue weighted by atomic mass is 9.97. The van der Waals surface area contributed by atoms with Crippen LogP contribution in [0.3, 0.4) is 0 Å². The second kappa shape index (κ2) is 4.24. The van der Waals surface area contributed by atoms with E-state index in [2.05, 4.69) is 0 Å². The zero-order chi connectivity index (χ0) is 12.7. The van der Waals surface area contributed by atoms with E-state index in [0.29, 0.717) is 17.8 Å². The van der Waals surface area contributed by atoms with Gasteiger partial charge in [0.05, 0.1) is 24.9 Å². The average Bonchev–Trinajstić information content (AvgIpc) is 2.99. The Balaban J connectivity index is 1.79. The van der Waals surface area contributed by atoms with E-state index in [1.807, 2.05) is 12.2 Å². The van der Waals surface area contributed by atoms with Crippen molar-refractivity contribution in [3.8, 4) is 0 Å². The van der Waals surface area contributed by atoms with Gasteiger partial charge in [-0.3, -0.25) is 0 Å². The first kappa shape index (κ1) is 11.5. The van der Waals surface area contributed by atoms with Gasteiger partial charge in [-0.25, -0.2) is 9.59 Å². The number of rotatable bonds is 4. The second-order valence-corrected chi connectivity index (χ2v) is 4.71. The molecular weight excluding hydrogens is 236 g/mol. The van der Waals surface area contributed by atoms with Crippen molar-refractivity contribution < 1.29 is 23.8 Å². The zero-order valence-electron chi connectivity index (χ0n) is 10.0. The number of allylic oxidation sites excluding steroid dienone is 2. The molecule has 3 aliphatic rings. The predicted octanol–water partition coefficient (Wildman–Crippen LogP) is 0.604. The van der Waals surface area contributed by atoms with Gasteiger partial charge in [0.15, 0.2) is 0 Å². The third-order valence-electron chi connectivity index (χ3n) is 3.54. The van der Waals surface area contributed by atoms with Crippen LogP contribution in [0.1, 0.15) is 6.42 Å². The minimum absolute atomic E-state index is 0.00201. The van der Waals surface area contributed by atoms with Crippen LogP contribution in [0.2, 0.25) is 0 Å². The van der Waals surface area contributed by atoms with Gasteiger partial charge in [0, 0.05) is 11.8 Å². The summed E-state index contributed by atoms with van der Waals surface area (Å²) in [6.45, 7) is 0.903. The highest BCUT2D eigenvalue weighted by Gasteiger charge is 2.43. The minimum Gasteiger partial charge on any atom is -0.466 e. The van der Waals surface area contributed by atoms with E-state index in [9.17, 15) is 9.59 Å². The van der Waals surface area contributed by atoms with Gasteiger partial charge in [-0.15, -0.1) is 0 Å². The van der Waals surface area contributed by atoms with Crippen LogP contribution in [-0.4, -0.2) is 38.4 Å². The molecule has 3 unspecified atom stereocenters. The maximum absolute atomic E-state index is 12.0. The van der Waals surface area contributed by atoms with Gasteiger partial charge < -0.3 is 14.2 Å². The summed E-state index contributed by atoms with van der Waals surface area (Å²) in [5, 5.41) is 0. The first-order valence-electron chi connectivity index (χ1n) is 6.00. The van der Waals surface area contributed by atoms with Crippen LogP contribution in [-0.2, 0) is 23.8 Å². The topological polar surface area (TPSA) is 65.1 Å². The SMILES string of the molecule is COC(=O)C1=C(C(=O)OCC2CO2)C2C=CC1C2. The summed E-state index contributed by atoms with van der Waals surface area (Å²) in [7, 11) is 1.33. The number of carbonyl (C=O) groups excluding carboxylic acids is 2. The van der Waals surface area contributed by atoms with Crippen LogP contribution in [0, 0.1) is 11.8 Å². The zero-order valence-corrected chi connectivity index (χ0v) is 10.0. The quantitative estimate of drug-likeness (QED) is 0.415. The number of epoxide rings is 1. The second-order valence-electron chi connectivity index (χ2n) is 4.71. The molecule has 0 aromatic heterocycles. The van der Waals surface area contributed by atoms with Gasteiger partial charge in [0.25, 0.3) is 0 Å². The first-order valence-corrected chi connectivity index (χ1v) is 6.00.